The first-order chi connectivity index (χ1) is 13.3. The lowest BCUT2D eigenvalue weighted by Gasteiger charge is -2.29. The fourth-order valence-corrected chi connectivity index (χ4v) is 3.25. The summed E-state index contributed by atoms with van der Waals surface area (Å²) in [6.45, 7) is 5.21. The highest BCUT2D eigenvalue weighted by Gasteiger charge is 2.23. The zero-order valence-electron chi connectivity index (χ0n) is 17.7. The van der Waals surface area contributed by atoms with Gasteiger partial charge in [0.1, 0.15) is 5.75 Å². The van der Waals surface area contributed by atoms with Gasteiger partial charge in [0.2, 0.25) is 0 Å². The van der Waals surface area contributed by atoms with E-state index in [-0.39, 0.29) is 36.1 Å². The van der Waals surface area contributed by atoms with Crippen molar-refractivity contribution in [3.05, 3.63) is 60.2 Å². The van der Waals surface area contributed by atoms with Crippen molar-refractivity contribution in [1.82, 2.24) is 9.88 Å². The van der Waals surface area contributed by atoms with Crippen LogP contribution in [0.15, 0.2) is 54.6 Å². The minimum absolute atomic E-state index is 0. The van der Waals surface area contributed by atoms with E-state index in [4.69, 9.17) is 15.5 Å². The fraction of sp³-hybridized carbons (Fsp3) is 0.304. The average Bonchev–Trinajstić information content (AvgIpc) is 2.72. The molecule has 0 spiro atoms. The van der Waals surface area contributed by atoms with E-state index >= 15 is 0 Å². The molecule has 0 bridgehead atoms. The largest absolute Gasteiger partial charge is 0.497 e. The van der Waals surface area contributed by atoms with Crippen molar-refractivity contribution in [3.8, 4) is 17.0 Å². The number of carbonyl (C=O) groups excluding carboxylic acids is 1. The van der Waals surface area contributed by atoms with E-state index in [1.807, 2.05) is 61.6 Å². The van der Waals surface area contributed by atoms with E-state index in [1.165, 1.54) is 0 Å². The summed E-state index contributed by atoms with van der Waals surface area (Å²) in [7, 11) is 3.46. The summed E-state index contributed by atoms with van der Waals surface area (Å²) >= 11 is 0. The lowest BCUT2D eigenvalue weighted by Crippen LogP contribution is -2.39. The van der Waals surface area contributed by atoms with Gasteiger partial charge in [-0.05, 0) is 48.4 Å². The first-order valence-electron chi connectivity index (χ1n) is 9.34. The Kier molecular flexibility index (Phi) is 9.09. The van der Waals surface area contributed by atoms with Crippen molar-refractivity contribution < 1.29 is 9.53 Å². The molecule has 2 N–H and O–H groups in total. The van der Waals surface area contributed by atoms with E-state index in [2.05, 4.69) is 13.8 Å². The number of nitrogens with two attached hydrogens (primary N) is 1. The average molecular weight is 450 g/mol. The fourth-order valence-electron chi connectivity index (χ4n) is 3.25. The van der Waals surface area contributed by atoms with Crippen LogP contribution in [0.2, 0.25) is 0 Å². The van der Waals surface area contributed by atoms with Gasteiger partial charge in [-0.25, -0.2) is 4.98 Å². The molecule has 0 atom stereocenters. The molecule has 7 heteroatoms. The highest BCUT2D eigenvalue weighted by Crippen LogP contribution is 2.27. The third-order valence-corrected chi connectivity index (χ3v) is 4.90. The van der Waals surface area contributed by atoms with E-state index in [0.717, 1.165) is 27.9 Å². The van der Waals surface area contributed by atoms with Gasteiger partial charge in [-0.2, -0.15) is 0 Å². The summed E-state index contributed by atoms with van der Waals surface area (Å²) in [5.41, 5.74) is 8.84. The third-order valence-electron chi connectivity index (χ3n) is 4.90. The highest BCUT2D eigenvalue weighted by atomic mass is 35.5. The zero-order chi connectivity index (χ0) is 20.3. The number of hydrogen-bond acceptors (Lipinski definition) is 4. The van der Waals surface area contributed by atoms with Crippen LogP contribution in [0, 0.1) is 5.41 Å². The molecule has 1 amide bonds. The molecule has 0 aliphatic carbocycles. The molecule has 0 aliphatic heterocycles. The number of pyridine rings is 1. The minimum Gasteiger partial charge on any atom is -0.497 e. The van der Waals surface area contributed by atoms with Gasteiger partial charge in [0.25, 0.3) is 5.91 Å². The molecular weight excluding hydrogens is 421 g/mol. The highest BCUT2D eigenvalue weighted by molar-refractivity contribution is 6.07. The first-order valence-corrected chi connectivity index (χ1v) is 9.34. The Morgan fingerprint density at radius 1 is 1.10 bits per heavy atom. The number of aromatic nitrogens is 1. The van der Waals surface area contributed by atoms with Crippen LogP contribution in [0.3, 0.4) is 0 Å². The molecule has 0 radical (unpaired) electrons. The van der Waals surface area contributed by atoms with Crippen molar-refractivity contribution in [2.24, 2.45) is 11.1 Å². The van der Waals surface area contributed by atoms with Crippen molar-refractivity contribution in [1.29, 1.82) is 0 Å². The summed E-state index contributed by atoms with van der Waals surface area (Å²) in [5, 5.41) is 0.849. The maximum absolute atomic E-state index is 13.3. The molecule has 1 aromatic heterocycles. The van der Waals surface area contributed by atoms with Crippen LogP contribution in [-0.2, 0) is 0 Å². The van der Waals surface area contributed by atoms with Crippen molar-refractivity contribution >= 4 is 41.6 Å². The molecule has 162 valence electrons. The van der Waals surface area contributed by atoms with E-state index < -0.39 is 0 Å². The van der Waals surface area contributed by atoms with Crippen LogP contribution in [0.25, 0.3) is 22.2 Å². The monoisotopic (exact) mass is 449 g/mol. The number of carbonyl (C=O) groups is 1. The van der Waals surface area contributed by atoms with E-state index in [0.29, 0.717) is 18.7 Å². The summed E-state index contributed by atoms with van der Waals surface area (Å²) in [6, 6.07) is 17.3. The second-order valence-electron chi connectivity index (χ2n) is 7.83. The van der Waals surface area contributed by atoms with Gasteiger partial charge >= 0.3 is 0 Å². The molecule has 30 heavy (non-hydrogen) atoms. The van der Waals surface area contributed by atoms with Crippen LogP contribution in [-0.4, -0.2) is 43.0 Å². The lowest BCUT2D eigenvalue weighted by molar-refractivity contribution is 0.0742. The van der Waals surface area contributed by atoms with Gasteiger partial charge in [-0.3, -0.25) is 4.79 Å². The number of rotatable bonds is 6. The van der Waals surface area contributed by atoms with Crippen LogP contribution in [0.1, 0.15) is 24.2 Å². The number of benzene rings is 2. The normalized spacial score (nSPS) is 10.7. The first kappa shape index (κ1) is 25.7. The molecule has 5 nitrogen and oxygen atoms in total. The molecule has 0 saturated carbocycles. The lowest BCUT2D eigenvalue weighted by atomic mass is 9.93. The van der Waals surface area contributed by atoms with Crippen molar-refractivity contribution in [2.45, 2.75) is 13.8 Å². The maximum atomic E-state index is 13.3. The Balaban J connectivity index is 0.00000225. The number of halogens is 2. The summed E-state index contributed by atoms with van der Waals surface area (Å²) in [4.78, 5) is 19.8. The summed E-state index contributed by atoms with van der Waals surface area (Å²) in [5.74, 6) is 0.750. The van der Waals surface area contributed by atoms with Gasteiger partial charge in [0.15, 0.2) is 0 Å². The van der Waals surface area contributed by atoms with Gasteiger partial charge < -0.3 is 15.4 Å². The number of fused-ring (bicyclic) bond motifs is 1. The molecule has 0 saturated heterocycles. The van der Waals surface area contributed by atoms with Crippen LogP contribution in [0.4, 0.5) is 0 Å². The Labute approximate surface area is 190 Å². The van der Waals surface area contributed by atoms with Crippen molar-refractivity contribution in [3.63, 3.8) is 0 Å². The van der Waals surface area contributed by atoms with Gasteiger partial charge in [-0.15, -0.1) is 24.8 Å². The quantitative estimate of drug-likeness (QED) is 0.585. The molecule has 1 heterocycles. The van der Waals surface area contributed by atoms with Crippen LogP contribution >= 0.6 is 24.8 Å². The summed E-state index contributed by atoms with van der Waals surface area (Å²) in [6.07, 6.45) is 0. The summed E-state index contributed by atoms with van der Waals surface area (Å²) < 4.78 is 5.23. The molecular formula is C23H29Cl2N3O2. The standard InChI is InChI=1S/C23H27N3O2.2ClH/c1-23(2,14-24)15-26(3)22(27)19-13-21(16-9-11-17(28-4)12-10-16)25-20-8-6-5-7-18(19)20;;/h5-13H,14-15,24H2,1-4H3;2*1H. The molecule has 3 aromatic rings. The SMILES string of the molecule is COc1ccc(-c2cc(C(=O)N(C)CC(C)(C)CN)c3ccccc3n2)cc1.Cl.Cl. The van der Waals surface area contributed by atoms with E-state index in [1.54, 1.807) is 12.0 Å². The molecule has 0 fully saturated rings. The number of ether oxygens (including phenoxy) is 1. The van der Waals surface area contributed by atoms with Crippen molar-refractivity contribution in [2.75, 3.05) is 27.2 Å². The molecule has 2 aromatic carbocycles. The number of amides is 1. The van der Waals surface area contributed by atoms with Gasteiger partial charge in [0, 0.05) is 24.5 Å². The number of methoxy groups -OCH3 is 1. The zero-order valence-corrected chi connectivity index (χ0v) is 19.3. The Morgan fingerprint density at radius 3 is 2.33 bits per heavy atom. The molecule has 3 rings (SSSR count). The second-order valence-corrected chi connectivity index (χ2v) is 7.83. The van der Waals surface area contributed by atoms with Gasteiger partial charge in [-0.1, -0.05) is 32.0 Å². The number of para-hydroxylation sites is 1. The smallest absolute Gasteiger partial charge is 0.254 e. The molecule has 0 aliphatic rings. The Bertz CT molecular complexity index is 991. The Hall–Kier alpha value is -2.34. The second kappa shape index (κ2) is 10.6. The van der Waals surface area contributed by atoms with Crippen LogP contribution in [0.5, 0.6) is 5.75 Å². The topological polar surface area (TPSA) is 68.5 Å². The third kappa shape index (κ3) is 5.63. The Morgan fingerprint density at radius 2 is 1.73 bits per heavy atom. The predicted molar refractivity (Wildman–Crippen MR) is 128 cm³/mol. The molecule has 0 unspecified atom stereocenters. The van der Waals surface area contributed by atoms with E-state index in [9.17, 15) is 4.79 Å². The predicted octanol–water partition coefficient (Wildman–Crippen LogP) is 4.81. The number of hydrogen-bond donors (Lipinski definition) is 1. The minimum atomic E-state index is -0.147. The van der Waals surface area contributed by atoms with Crippen LogP contribution < -0.4 is 10.5 Å². The number of nitrogens with zero attached hydrogens (tertiary/aromatic N) is 2. The van der Waals surface area contributed by atoms with Gasteiger partial charge in [0.05, 0.1) is 23.9 Å². The maximum Gasteiger partial charge on any atom is 0.254 e.